The molecule has 1 aliphatic rings. The zero-order valence-corrected chi connectivity index (χ0v) is 24.9. The van der Waals surface area contributed by atoms with E-state index in [0.717, 1.165) is 73.6 Å². The van der Waals surface area contributed by atoms with Gasteiger partial charge in [0.1, 0.15) is 5.69 Å². The third-order valence-corrected chi connectivity index (χ3v) is 8.66. The van der Waals surface area contributed by atoms with Crippen molar-refractivity contribution in [2.24, 2.45) is 5.92 Å². The smallest absolute Gasteiger partial charge is 0.159 e. The first-order chi connectivity index (χ1) is 20.0. The van der Waals surface area contributed by atoms with Gasteiger partial charge in [-0.3, -0.25) is 5.10 Å². The van der Waals surface area contributed by atoms with Gasteiger partial charge < -0.3 is 10.3 Å². The molecule has 1 fully saturated rings. The van der Waals surface area contributed by atoms with E-state index in [1.165, 1.54) is 37.0 Å². The van der Waals surface area contributed by atoms with Gasteiger partial charge in [0, 0.05) is 27.1 Å². The van der Waals surface area contributed by atoms with E-state index in [9.17, 15) is 0 Å². The third kappa shape index (κ3) is 6.44. The fraction of sp³-hybridized carbons (Fsp3) is 0.257. The van der Waals surface area contributed by atoms with Crippen LogP contribution >= 0.6 is 11.3 Å². The van der Waals surface area contributed by atoms with Gasteiger partial charge in [-0.05, 0) is 73.1 Å². The Morgan fingerprint density at radius 2 is 1.95 bits per heavy atom. The topological polar surface area (TPSA) is 69.4 Å². The average Bonchev–Trinajstić information content (AvgIpc) is 3.75. The number of hydrogen-bond donors (Lipinski definition) is 3. The zero-order chi connectivity index (χ0) is 28.8. The van der Waals surface area contributed by atoms with Crippen molar-refractivity contribution in [3.8, 4) is 22.0 Å². The Hall–Kier alpha value is -4.16. The summed E-state index contributed by atoms with van der Waals surface area (Å²) in [6, 6.07) is 10.4. The van der Waals surface area contributed by atoms with Crippen LogP contribution in [0.5, 0.6) is 0 Å². The Balaban J connectivity index is 1.44. The van der Waals surface area contributed by atoms with Crippen molar-refractivity contribution < 1.29 is 0 Å². The monoisotopic (exact) mass is 561 g/mol. The number of H-pyrrole nitrogens is 2. The Morgan fingerprint density at radius 1 is 1.12 bits per heavy atom. The Bertz CT molecular complexity index is 1740. The third-order valence-electron chi connectivity index (χ3n) is 7.76. The summed E-state index contributed by atoms with van der Waals surface area (Å²) in [5, 5.41) is 15.3. The van der Waals surface area contributed by atoms with Gasteiger partial charge in [0.2, 0.25) is 0 Å². The molecule has 3 aromatic heterocycles. The molecule has 41 heavy (non-hydrogen) atoms. The first-order valence-corrected chi connectivity index (χ1v) is 15.3. The Kier molecular flexibility index (Phi) is 9.00. The van der Waals surface area contributed by atoms with Crippen LogP contribution in [0.15, 0.2) is 96.2 Å². The molecular weight excluding hydrogens is 522 g/mol. The summed E-state index contributed by atoms with van der Waals surface area (Å²) in [5.41, 5.74) is 7.62. The van der Waals surface area contributed by atoms with E-state index < -0.39 is 0 Å². The van der Waals surface area contributed by atoms with Gasteiger partial charge in [-0.2, -0.15) is 5.10 Å². The predicted molar refractivity (Wildman–Crippen MR) is 175 cm³/mol. The number of imidazole rings is 1. The number of benzene rings is 1. The molecule has 1 saturated carbocycles. The number of nitrogens with zero attached hydrogens (tertiary/aromatic N) is 2. The molecule has 4 aromatic rings. The SMILES string of the molecule is C=C/C(=C\C(=C/C)C(=C)/C=c1/c(-c2nc3c(-c4cccs4)cccc3[nH]2)n[nH]/c1=C/C)NC(=C)CC1CCCCC1. The minimum absolute atomic E-state index is 0.720. The standard InChI is InChI=1S/C35H39N5S/c1-6-26(22-27(7-2)36-24(5)21-25-14-10-9-11-15-25)23(4)20-29-30(8-3)39-40-34(29)35-37-31-17-12-16-28(33(31)38-35)32-18-13-19-41-32/h6-8,12-13,16-20,22,25,36,39H,2,4-5,9-11,14-15,21H2,1,3H3,(H,37,38)/b26-6+,27-22+,29-20+,30-8+. The lowest BCUT2D eigenvalue weighted by Crippen LogP contribution is -2.24. The number of hydrogen-bond acceptors (Lipinski definition) is 4. The number of para-hydroxylation sites is 1. The Morgan fingerprint density at radius 3 is 2.66 bits per heavy atom. The molecule has 210 valence electrons. The van der Waals surface area contributed by atoms with E-state index in [4.69, 9.17) is 4.98 Å². The van der Waals surface area contributed by atoms with E-state index in [1.54, 1.807) is 11.3 Å². The second kappa shape index (κ2) is 13.0. The summed E-state index contributed by atoms with van der Waals surface area (Å²) in [6.45, 7) is 16.8. The molecule has 3 N–H and O–H groups in total. The maximum atomic E-state index is 5.01. The average molecular weight is 562 g/mol. The molecule has 0 atom stereocenters. The van der Waals surface area contributed by atoms with Crippen molar-refractivity contribution in [1.29, 1.82) is 0 Å². The molecule has 0 bridgehead atoms. The molecule has 0 unspecified atom stereocenters. The van der Waals surface area contributed by atoms with Crippen molar-refractivity contribution >= 4 is 34.5 Å². The van der Waals surface area contributed by atoms with Gasteiger partial charge in [-0.15, -0.1) is 11.3 Å². The molecular formula is C35H39N5S. The van der Waals surface area contributed by atoms with Crippen LogP contribution in [0.1, 0.15) is 52.4 Å². The van der Waals surface area contributed by atoms with Crippen LogP contribution in [0, 0.1) is 5.92 Å². The van der Waals surface area contributed by atoms with Crippen molar-refractivity contribution in [3.05, 3.63) is 107 Å². The summed E-state index contributed by atoms with van der Waals surface area (Å²) < 4.78 is 0. The highest BCUT2D eigenvalue weighted by atomic mass is 32.1. The summed E-state index contributed by atoms with van der Waals surface area (Å²) in [4.78, 5) is 9.69. The number of rotatable bonds is 10. The van der Waals surface area contributed by atoms with Crippen molar-refractivity contribution in [2.75, 3.05) is 0 Å². The highest BCUT2D eigenvalue weighted by molar-refractivity contribution is 7.13. The van der Waals surface area contributed by atoms with E-state index in [1.807, 2.05) is 26.0 Å². The second-order valence-corrected chi connectivity index (χ2v) is 11.6. The van der Waals surface area contributed by atoms with Crippen LogP contribution in [0.25, 0.3) is 45.1 Å². The van der Waals surface area contributed by atoms with E-state index in [-0.39, 0.29) is 0 Å². The first-order valence-electron chi connectivity index (χ1n) is 14.4. The summed E-state index contributed by atoms with van der Waals surface area (Å²) in [7, 11) is 0. The molecule has 3 heterocycles. The molecule has 0 amide bonds. The quantitative estimate of drug-likeness (QED) is 0.172. The van der Waals surface area contributed by atoms with Crippen LogP contribution in [0.4, 0.5) is 0 Å². The lowest BCUT2D eigenvalue weighted by Gasteiger charge is -2.23. The fourth-order valence-corrected chi connectivity index (χ4v) is 6.37. The fourth-order valence-electron chi connectivity index (χ4n) is 5.61. The van der Waals surface area contributed by atoms with Gasteiger partial charge in [-0.25, -0.2) is 4.98 Å². The number of thiophene rings is 1. The summed E-state index contributed by atoms with van der Waals surface area (Å²) in [5.74, 6) is 1.44. The number of fused-ring (bicyclic) bond motifs is 1. The highest BCUT2D eigenvalue weighted by Gasteiger charge is 2.16. The van der Waals surface area contributed by atoms with E-state index >= 15 is 0 Å². The maximum absolute atomic E-state index is 5.01. The molecule has 0 saturated heterocycles. The van der Waals surface area contributed by atoms with Gasteiger partial charge in [-0.1, -0.05) is 82.2 Å². The highest BCUT2D eigenvalue weighted by Crippen LogP contribution is 2.32. The molecule has 0 spiro atoms. The number of aromatic nitrogens is 4. The van der Waals surface area contributed by atoms with Crippen molar-refractivity contribution in [2.45, 2.75) is 52.4 Å². The van der Waals surface area contributed by atoms with Crippen molar-refractivity contribution in [3.63, 3.8) is 0 Å². The van der Waals surface area contributed by atoms with Crippen LogP contribution in [-0.2, 0) is 0 Å². The lowest BCUT2D eigenvalue weighted by molar-refractivity contribution is 0.353. The molecule has 0 radical (unpaired) electrons. The number of allylic oxidation sites excluding steroid dienone is 6. The zero-order valence-electron chi connectivity index (χ0n) is 24.1. The maximum Gasteiger partial charge on any atom is 0.159 e. The molecule has 1 aromatic carbocycles. The molecule has 5 nitrogen and oxygen atoms in total. The van der Waals surface area contributed by atoms with Crippen LogP contribution in [0.2, 0.25) is 0 Å². The normalized spacial score (nSPS) is 16.0. The number of nitrogens with one attached hydrogen (secondary N) is 3. The Labute approximate surface area is 246 Å². The largest absolute Gasteiger partial charge is 0.359 e. The minimum atomic E-state index is 0.720. The van der Waals surface area contributed by atoms with Gasteiger partial charge in [0.15, 0.2) is 5.82 Å². The van der Waals surface area contributed by atoms with E-state index in [0.29, 0.717) is 0 Å². The lowest BCUT2D eigenvalue weighted by atomic mass is 9.86. The van der Waals surface area contributed by atoms with Gasteiger partial charge >= 0.3 is 0 Å². The van der Waals surface area contributed by atoms with E-state index in [2.05, 4.69) is 94.2 Å². The number of aromatic amines is 2. The molecule has 6 heteroatoms. The second-order valence-electron chi connectivity index (χ2n) is 10.6. The molecule has 1 aliphatic carbocycles. The minimum Gasteiger partial charge on any atom is -0.359 e. The predicted octanol–water partition coefficient (Wildman–Crippen LogP) is 7.91. The van der Waals surface area contributed by atoms with Gasteiger partial charge in [0.25, 0.3) is 0 Å². The van der Waals surface area contributed by atoms with Crippen LogP contribution in [-0.4, -0.2) is 20.2 Å². The first kappa shape index (κ1) is 28.4. The van der Waals surface area contributed by atoms with Gasteiger partial charge in [0.05, 0.1) is 16.4 Å². The molecule has 0 aliphatic heterocycles. The van der Waals surface area contributed by atoms with Crippen LogP contribution in [0.3, 0.4) is 0 Å². The van der Waals surface area contributed by atoms with Crippen molar-refractivity contribution in [1.82, 2.24) is 25.5 Å². The summed E-state index contributed by atoms with van der Waals surface area (Å²) in [6.07, 6.45) is 17.7. The van der Waals surface area contributed by atoms with Crippen LogP contribution < -0.4 is 15.9 Å². The molecule has 5 rings (SSSR count). The summed E-state index contributed by atoms with van der Waals surface area (Å²) >= 11 is 1.71.